The summed E-state index contributed by atoms with van der Waals surface area (Å²) in [5.41, 5.74) is 2.27. The zero-order valence-corrected chi connectivity index (χ0v) is 12.4. The number of rotatable bonds is 5. The van der Waals surface area contributed by atoms with Crippen LogP contribution in [0.1, 0.15) is 11.3 Å². The van der Waals surface area contributed by atoms with Gasteiger partial charge >= 0.3 is 0 Å². The predicted molar refractivity (Wildman–Crippen MR) is 83.5 cm³/mol. The highest BCUT2D eigenvalue weighted by Crippen LogP contribution is 2.29. The lowest BCUT2D eigenvalue weighted by molar-refractivity contribution is -0.120. The van der Waals surface area contributed by atoms with E-state index in [1.807, 2.05) is 29.2 Å². The lowest BCUT2D eigenvalue weighted by atomic mass is 9.93. The number of anilines is 1. The van der Waals surface area contributed by atoms with Crippen molar-refractivity contribution in [2.75, 3.05) is 24.6 Å². The molecule has 0 saturated heterocycles. The summed E-state index contributed by atoms with van der Waals surface area (Å²) in [5.74, 6) is 0.859. The first-order valence-corrected chi connectivity index (χ1v) is 7.49. The number of hydrogen-bond donors (Lipinski definition) is 2. The van der Waals surface area contributed by atoms with Gasteiger partial charge in [-0.15, -0.1) is 0 Å². The van der Waals surface area contributed by atoms with Crippen molar-refractivity contribution < 1.29 is 14.3 Å². The molecule has 1 aromatic carbocycles. The molecule has 22 heavy (non-hydrogen) atoms. The van der Waals surface area contributed by atoms with E-state index in [1.165, 1.54) is 5.56 Å². The number of amides is 1. The molecular weight excluding hydrogens is 280 g/mol. The number of carbonyl (C=O) groups excluding carboxylic acids is 1. The van der Waals surface area contributed by atoms with E-state index in [1.54, 1.807) is 12.3 Å². The molecule has 0 bridgehead atoms. The third kappa shape index (κ3) is 3.31. The molecule has 0 aliphatic carbocycles. The Balaban J connectivity index is 1.64. The molecule has 1 amide bonds. The monoisotopic (exact) mass is 300 g/mol. The Kier molecular flexibility index (Phi) is 4.44. The average Bonchev–Trinajstić information content (AvgIpc) is 3.06. The molecule has 2 heterocycles. The predicted octanol–water partition coefficient (Wildman–Crippen LogP) is 1.57. The number of aliphatic hydroxyl groups is 1. The van der Waals surface area contributed by atoms with Crippen molar-refractivity contribution in [2.45, 2.75) is 13.0 Å². The number of furan rings is 1. The van der Waals surface area contributed by atoms with E-state index >= 15 is 0 Å². The number of hydrogen-bond acceptors (Lipinski definition) is 4. The van der Waals surface area contributed by atoms with Gasteiger partial charge < -0.3 is 19.7 Å². The fraction of sp³-hybridized carbons (Fsp3) is 0.353. The van der Waals surface area contributed by atoms with Crippen LogP contribution in [0.15, 0.2) is 47.1 Å². The average molecular weight is 300 g/mol. The Bertz CT molecular complexity index is 625. The van der Waals surface area contributed by atoms with Gasteiger partial charge in [0.15, 0.2) is 0 Å². The van der Waals surface area contributed by atoms with Crippen LogP contribution in [0.2, 0.25) is 0 Å². The van der Waals surface area contributed by atoms with Crippen LogP contribution in [0, 0.1) is 5.92 Å². The van der Waals surface area contributed by atoms with E-state index in [9.17, 15) is 9.90 Å². The van der Waals surface area contributed by atoms with Gasteiger partial charge in [0.1, 0.15) is 5.76 Å². The largest absolute Gasteiger partial charge is 0.467 e. The van der Waals surface area contributed by atoms with Crippen molar-refractivity contribution in [3.05, 3.63) is 54.0 Å². The molecule has 2 N–H and O–H groups in total. The summed E-state index contributed by atoms with van der Waals surface area (Å²) < 4.78 is 5.20. The molecule has 0 spiro atoms. The highest BCUT2D eigenvalue weighted by Gasteiger charge is 2.24. The van der Waals surface area contributed by atoms with Gasteiger partial charge in [0.25, 0.3) is 0 Å². The first kappa shape index (κ1) is 14.7. The van der Waals surface area contributed by atoms with Gasteiger partial charge in [-0.25, -0.2) is 0 Å². The third-order valence-electron chi connectivity index (χ3n) is 3.95. The van der Waals surface area contributed by atoms with Gasteiger partial charge in [0.05, 0.1) is 19.4 Å². The zero-order chi connectivity index (χ0) is 15.4. The number of nitrogens with one attached hydrogen (secondary N) is 1. The Labute approximate surface area is 129 Å². The van der Waals surface area contributed by atoms with Gasteiger partial charge in [-0.2, -0.15) is 0 Å². The normalized spacial score (nSPS) is 17.1. The molecular formula is C17H20N2O3. The number of benzene rings is 1. The molecule has 1 aliphatic heterocycles. The van der Waals surface area contributed by atoms with E-state index in [2.05, 4.69) is 11.4 Å². The third-order valence-corrected chi connectivity index (χ3v) is 3.95. The van der Waals surface area contributed by atoms with Crippen molar-refractivity contribution in [1.29, 1.82) is 0 Å². The van der Waals surface area contributed by atoms with E-state index in [-0.39, 0.29) is 25.0 Å². The molecule has 2 aromatic rings. The highest BCUT2D eigenvalue weighted by atomic mass is 16.3. The number of fused-ring (bicyclic) bond motifs is 1. The molecule has 1 aliphatic rings. The van der Waals surface area contributed by atoms with E-state index in [4.69, 9.17) is 4.42 Å². The molecule has 1 unspecified atom stereocenters. The van der Waals surface area contributed by atoms with Gasteiger partial charge in [-0.05, 0) is 30.2 Å². The molecule has 116 valence electrons. The van der Waals surface area contributed by atoms with Crippen LogP contribution < -0.4 is 10.2 Å². The molecule has 1 aromatic heterocycles. The van der Waals surface area contributed by atoms with Gasteiger partial charge in [0, 0.05) is 24.8 Å². The van der Waals surface area contributed by atoms with Crippen molar-refractivity contribution in [3.63, 3.8) is 0 Å². The Morgan fingerprint density at radius 2 is 2.18 bits per heavy atom. The van der Waals surface area contributed by atoms with E-state index in [0.29, 0.717) is 13.1 Å². The van der Waals surface area contributed by atoms with Crippen LogP contribution in [0.3, 0.4) is 0 Å². The van der Waals surface area contributed by atoms with Crippen molar-refractivity contribution in [3.8, 4) is 0 Å². The first-order chi connectivity index (χ1) is 10.8. The molecule has 1 atom stereocenters. The van der Waals surface area contributed by atoms with Gasteiger partial charge in [-0.3, -0.25) is 4.79 Å². The minimum atomic E-state index is -0.0511. The van der Waals surface area contributed by atoms with Gasteiger partial charge in [-0.1, -0.05) is 18.2 Å². The fourth-order valence-electron chi connectivity index (χ4n) is 2.88. The summed E-state index contributed by atoms with van der Waals surface area (Å²) in [4.78, 5) is 14.2. The minimum absolute atomic E-state index is 0.0511. The van der Waals surface area contributed by atoms with Crippen molar-refractivity contribution >= 4 is 11.6 Å². The van der Waals surface area contributed by atoms with E-state index in [0.717, 1.165) is 17.9 Å². The number of aliphatic hydroxyl groups excluding tert-OH is 1. The number of para-hydroxylation sites is 1. The smallest absolute Gasteiger partial charge is 0.239 e. The SMILES string of the molecule is O=C(CN1CC(CO)Cc2ccccc21)NCc1ccco1. The van der Waals surface area contributed by atoms with Crippen LogP contribution >= 0.6 is 0 Å². The maximum atomic E-state index is 12.2. The zero-order valence-electron chi connectivity index (χ0n) is 12.4. The summed E-state index contributed by atoms with van der Waals surface area (Å²) in [7, 11) is 0. The molecule has 0 saturated carbocycles. The maximum Gasteiger partial charge on any atom is 0.239 e. The number of nitrogens with zero attached hydrogens (tertiary/aromatic N) is 1. The lowest BCUT2D eigenvalue weighted by Gasteiger charge is -2.35. The summed E-state index contributed by atoms with van der Waals surface area (Å²) in [6, 6.07) is 11.7. The van der Waals surface area contributed by atoms with E-state index < -0.39 is 0 Å². The van der Waals surface area contributed by atoms with Gasteiger partial charge in [0.2, 0.25) is 5.91 Å². The maximum absolute atomic E-state index is 12.2. The first-order valence-electron chi connectivity index (χ1n) is 7.49. The standard InChI is InChI=1S/C17H20N2O3/c20-12-13-8-14-4-1-2-6-16(14)19(10-13)11-17(21)18-9-15-5-3-7-22-15/h1-7,13,20H,8-12H2,(H,18,21). The molecule has 5 nitrogen and oxygen atoms in total. The fourth-order valence-corrected chi connectivity index (χ4v) is 2.88. The minimum Gasteiger partial charge on any atom is -0.467 e. The molecule has 0 radical (unpaired) electrons. The molecule has 5 heteroatoms. The van der Waals surface area contributed by atoms with Crippen molar-refractivity contribution in [1.82, 2.24) is 5.32 Å². The van der Waals surface area contributed by atoms with Crippen LogP contribution in [-0.4, -0.2) is 30.7 Å². The molecule has 3 rings (SSSR count). The summed E-state index contributed by atoms with van der Waals surface area (Å²) in [6.07, 6.45) is 2.45. The highest BCUT2D eigenvalue weighted by molar-refractivity contribution is 5.81. The van der Waals surface area contributed by atoms with Crippen LogP contribution in [-0.2, 0) is 17.8 Å². The van der Waals surface area contributed by atoms with Crippen LogP contribution in [0.25, 0.3) is 0 Å². The van der Waals surface area contributed by atoms with Crippen LogP contribution in [0.4, 0.5) is 5.69 Å². The Hall–Kier alpha value is -2.27. The summed E-state index contributed by atoms with van der Waals surface area (Å²) in [6.45, 7) is 1.51. The topological polar surface area (TPSA) is 65.7 Å². The second-order valence-electron chi connectivity index (χ2n) is 5.62. The summed E-state index contributed by atoms with van der Waals surface area (Å²) >= 11 is 0. The Morgan fingerprint density at radius 3 is 2.95 bits per heavy atom. The lowest BCUT2D eigenvalue weighted by Crippen LogP contribution is -2.43. The molecule has 0 fully saturated rings. The second-order valence-corrected chi connectivity index (χ2v) is 5.62. The second kappa shape index (κ2) is 6.66. The number of carbonyl (C=O) groups is 1. The van der Waals surface area contributed by atoms with Crippen LogP contribution in [0.5, 0.6) is 0 Å². The quantitative estimate of drug-likeness (QED) is 0.879. The van der Waals surface area contributed by atoms with Crippen molar-refractivity contribution in [2.24, 2.45) is 5.92 Å². The Morgan fingerprint density at radius 1 is 1.32 bits per heavy atom. The summed E-state index contributed by atoms with van der Waals surface area (Å²) in [5, 5.41) is 12.3.